The van der Waals surface area contributed by atoms with Crippen LogP contribution in [0.15, 0.2) is 29.3 Å². The van der Waals surface area contributed by atoms with Crippen LogP contribution in [0, 0.1) is 0 Å². The predicted molar refractivity (Wildman–Crippen MR) is 209 cm³/mol. The molecule has 1 aromatic carbocycles. The van der Waals surface area contributed by atoms with E-state index in [2.05, 4.69) is 22.5 Å². The molecular formula is C41H65N5O10. The Hall–Kier alpha value is -4.24. The highest BCUT2D eigenvalue weighted by Gasteiger charge is 2.42. The fourth-order valence-electron chi connectivity index (χ4n) is 6.77. The lowest BCUT2D eigenvalue weighted by atomic mass is 10.0. The molecular weight excluding hydrogens is 722 g/mol. The van der Waals surface area contributed by atoms with Crippen molar-refractivity contribution in [2.45, 2.75) is 166 Å². The molecule has 3 rings (SSSR count). The number of nitrogens with one attached hydrogen (secondary N) is 2. The first-order valence-electron chi connectivity index (χ1n) is 20.7. The number of hydroxylamine groups is 4. The zero-order valence-corrected chi connectivity index (χ0v) is 33.6. The van der Waals surface area contributed by atoms with Crippen molar-refractivity contribution in [3.05, 3.63) is 29.8 Å². The van der Waals surface area contributed by atoms with Crippen molar-refractivity contribution in [3.63, 3.8) is 0 Å². The summed E-state index contributed by atoms with van der Waals surface area (Å²) < 4.78 is 11.3. The van der Waals surface area contributed by atoms with E-state index < -0.39 is 47.4 Å². The van der Waals surface area contributed by atoms with Crippen LogP contribution in [-0.2, 0) is 33.4 Å². The highest BCUT2D eigenvalue weighted by atomic mass is 16.5. The van der Waals surface area contributed by atoms with Gasteiger partial charge < -0.3 is 25.2 Å². The standard InChI is InChI=1S/C41H65N5O10/c1-4-5-6-7-8-9-10-11-12-13-14-25-36(49)45(53)26-19-18-23-33(43-40(52)41(3)29-55-37(44-41)31-21-15-16-24-34(31)47)39(51)56-30(2)28-35(48)42-32-22-17-20-27-46(54)38(32)50/h15-16,21,24,30,32-33,47,53-54H,4-14,17-20,22-23,25-29H2,1-3H3,(H,42,48)(H,43,52)/t30-,32+,33+,41+/m1/s1. The van der Waals surface area contributed by atoms with Gasteiger partial charge in [0.05, 0.1) is 12.0 Å². The number of carbonyl (C=O) groups is 5. The number of rotatable bonds is 25. The van der Waals surface area contributed by atoms with Gasteiger partial charge >= 0.3 is 5.97 Å². The average Bonchev–Trinajstić information content (AvgIpc) is 3.50. The van der Waals surface area contributed by atoms with Crippen LogP contribution in [0.2, 0.25) is 0 Å². The van der Waals surface area contributed by atoms with Crippen LogP contribution in [0.5, 0.6) is 5.75 Å². The van der Waals surface area contributed by atoms with E-state index >= 15 is 0 Å². The van der Waals surface area contributed by atoms with Gasteiger partial charge in [-0.05, 0) is 70.9 Å². The van der Waals surface area contributed by atoms with Gasteiger partial charge in [-0.15, -0.1) is 0 Å². The van der Waals surface area contributed by atoms with Crippen LogP contribution in [-0.4, -0.2) is 105 Å². The number of carbonyl (C=O) groups excluding carboxylic acids is 5. The number of amides is 4. The van der Waals surface area contributed by atoms with Crippen LogP contribution in [0.1, 0.15) is 148 Å². The van der Waals surface area contributed by atoms with E-state index in [0.717, 1.165) is 19.3 Å². The van der Waals surface area contributed by atoms with Crippen LogP contribution < -0.4 is 10.6 Å². The Kier molecular flexibility index (Phi) is 20.1. The van der Waals surface area contributed by atoms with E-state index in [1.54, 1.807) is 18.2 Å². The van der Waals surface area contributed by atoms with E-state index in [9.17, 15) is 39.5 Å². The van der Waals surface area contributed by atoms with Gasteiger partial charge in [0.25, 0.3) is 11.8 Å². The second-order valence-corrected chi connectivity index (χ2v) is 15.3. The summed E-state index contributed by atoms with van der Waals surface area (Å²) in [7, 11) is 0. The monoisotopic (exact) mass is 787 g/mol. The third-order valence-corrected chi connectivity index (χ3v) is 10.2. The van der Waals surface area contributed by atoms with Crippen molar-refractivity contribution < 1.29 is 49.0 Å². The van der Waals surface area contributed by atoms with Gasteiger partial charge in [0, 0.05) is 19.5 Å². The Morgan fingerprint density at radius 2 is 1.66 bits per heavy atom. The van der Waals surface area contributed by atoms with Gasteiger partial charge in [0.15, 0.2) is 5.54 Å². The predicted octanol–water partition coefficient (Wildman–Crippen LogP) is 5.71. The quantitative estimate of drug-likeness (QED) is 0.0353. The van der Waals surface area contributed by atoms with Crippen LogP contribution in [0.3, 0.4) is 0 Å². The normalized spacial score (nSPS) is 19.3. The molecule has 0 bridgehead atoms. The fraction of sp³-hybridized carbons (Fsp3) is 0.707. The molecule has 0 saturated carbocycles. The molecule has 314 valence electrons. The molecule has 56 heavy (non-hydrogen) atoms. The lowest BCUT2D eigenvalue weighted by Crippen LogP contribution is -2.52. The minimum atomic E-state index is -1.43. The van der Waals surface area contributed by atoms with Gasteiger partial charge in [-0.1, -0.05) is 83.3 Å². The number of aliphatic imine (C=N–C) groups is 1. The van der Waals surface area contributed by atoms with Gasteiger partial charge in [0.2, 0.25) is 17.7 Å². The number of phenolic OH excluding ortho intramolecular Hbond substituents is 1. The topological polar surface area (TPSA) is 207 Å². The number of unbranched alkanes of at least 4 members (excludes halogenated alkanes) is 11. The molecule has 0 aromatic heterocycles. The molecule has 2 heterocycles. The summed E-state index contributed by atoms with van der Waals surface area (Å²) >= 11 is 0. The van der Waals surface area contributed by atoms with E-state index in [1.807, 2.05) is 0 Å². The third-order valence-electron chi connectivity index (χ3n) is 10.2. The molecule has 2 aliphatic heterocycles. The number of esters is 1. The summed E-state index contributed by atoms with van der Waals surface area (Å²) in [4.78, 5) is 69.2. The van der Waals surface area contributed by atoms with Crippen LogP contribution in [0.4, 0.5) is 0 Å². The van der Waals surface area contributed by atoms with Crippen LogP contribution in [0.25, 0.3) is 0 Å². The van der Waals surface area contributed by atoms with E-state index in [-0.39, 0.29) is 56.5 Å². The Morgan fingerprint density at radius 1 is 1.00 bits per heavy atom. The van der Waals surface area contributed by atoms with Gasteiger partial charge in [0.1, 0.15) is 30.5 Å². The SMILES string of the molecule is CCCCCCCCCCCCCC(=O)N(O)CCCC[C@H](NC(=O)[C@]1(C)COC(c2ccccc2O)=N1)C(=O)O[C@H](C)CC(=O)N[C@H]1CCCCN(O)C1=O. The summed E-state index contributed by atoms with van der Waals surface area (Å²) in [6, 6.07) is 4.36. The lowest BCUT2D eigenvalue weighted by Gasteiger charge is -2.25. The summed E-state index contributed by atoms with van der Waals surface area (Å²) in [6.45, 7) is 5.36. The molecule has 1 fully saturated rings. The highest BCUT2D eigenvalue weighted by Crippen LogP contribution is 2.26. The Morgan fingerprint density at radius 3 is 2.34 bits per heavy atom. The zero-order valence-electron chi connectivity index (χ0n) is 33.6. The van der Waals surface area contributed by atoms with Crippen LogP contribution >= 0.6 is 0 Å². The smallest absolute Gasteiger partial charge is 0.328 e. The largest absolute Gasteiger partial charge is 0.507 e. The lowest BCUT2D eigenvalue weighted by molar-refractivity contribution is -0.167. The maximum atomic E-state index is 13.6. The zero-order chi connectivity index (χ0) is 40.9. The van der Waals surface area contributed by atoms with Crippen molar-refractivity contribution in [2.75, 3.05) is 19.7 Å². The van der Waals surface area contributed by atoms with E-state index in [4.69, 9.17) is 9.47 Å². The molecule has 0 aliphatic carbocycles. The number of hydrogen-bond acceptors (Lipinski definition) is 11. The van der Waals surface area contributed by atoms with Gasteiger partial charge in [-0.3, -0.25) is 29.6 Å². The first-order valence-corrected chi connectivity index (χ1v) is 20.7. The molecule has 15 heteroatoms. The molecule has 4 atom stereocenters. The average molecular weight is 788 g/mol. The maximum Gasteiger partial charge on any atom is 0.328 e. The minimum Gasteiger partial charge on any atom is -0.507 e. The first-order chi connectivity index (χ1) is 26.8. The molecule has 4 amide bonds. The minimum absolute atomic E-state index is 0.0497. The number of hydrogen-bond donors (Lipinski definition) is 5. The molecule has 5 N–H and O–H groups in total. The summed E-state index contributed by atoms with van der Waals surface area (Å²) in [6.07, 6.45) is 14.2. The Bertz CT molecular complexity index is 1460. The summed E-state index contributed by atoms with van der Waals surface area (Å²) in [5, 5.41) is 37.2. The van der Waals surface area contributed by atoms with Crippen molar-refractivity contribution >= 4 is 35.5 Å². The third kappa shape index (κ3) is 15.7. The Labute approximate surface area is 331 Å². The first kappa shape index (κ1) is 46.1. The van der Waals surface area contributed by atoms with Crippen molar-refractivity contribution in [3.8, 4) is 5.75 Å². The fourth-order valence-corrected chi connectivity index (χ4v) is 6.77. The Balaban J connectivity index is 1.51. The molecule has 1 saturated heterocycles. The summed E-state index contributed by atoms with van der Waals surface area (Å²) in [5.41, 5.74) is -1.12. The molecule has 1 aromatic rings. The molecule has 15 nitrogen and oxygen atoms in total. The van der Waals surface area contributed by atoms with Gasteiger partial charge in [-0.25, -0.2) is 19.9 Å². The number of nitrogens with zero attached hydrogens (tertiary/aromatic N) is 3. The second kappa shape index (κ2) is 24.4. The van der Waals surface area contributed by atoms with Gasteiger partial charge in [-0.2, -0.15) is 0 Å². The molecule has 0 radical (unpaired) electrons. The number of phenols is 1. The van der Waals surface area contributed by atoms with Crippen molar-refractivity contribution in [1.82, 2.24) is 20.8 Å². The van der Waals surface area contributed by atoms with E-state index in [0.29, 0.717) is 54.2 Å². The summed E-state index contributed by atoms with van der Waals surface area (Å²) in [5.74, 6) is -2.91. The maximum absolute atomic E-state index is 13.6. The van der Waals surface area contributed by atoms with Crippen molar-refractivity contribution in [2.24, 2.45) is 4.99 Å². The van der Waals surface area contributed by atoms with E-state index in [1.165, 1.54) is 64.9 Å². The number of ether oxygens (including phenoxy) is 2. The number of aromatic hydroxyl groups is 1. The number of para-hydroxylation sites is 1. The molecule has 0 spiro atoms. The van der Waals surface area contributed by atoms with Crippen molar-refractivity contribution in [1.29, 1.82) is 0 Å². The highest BCUT2D eigenvalue weighted by molar-refractivity contribution is 6.02. The second-order valence-electron chi connectivity index (χ2n) is 15.3. The molecule has 0 unspecified atom stereocenters. The molecule has 2 aliphatic rings. The number of benzene rings is 1.